The van der Waals surface area contributed by atoms with Crippen LogP contribution in [0.3, 0.4) is 0 Å². The quantitative estimate of drug-likeness (QED) is 0.132. The van der Waals surface area contributed by atoms with Crippen molar-refractivity contribution in [2.75, 3.05) is 45.8 Å². The zero-order valence-corrected chi connectivity index (χ0v) is 31.3. The average Bonchev–Trinajstić information content (AvgIpc) is 3.25. The number of aromatic nitrogens is 2. The summed E-state index contributed by atoms with van der Waals surface area (Å²) in [6.45, 7) is 0.429. The van der Waals surface area contributed by atoms with Crippen LogP contribution in [0.25, 0.3) is 0 Å². The Morgan fingerprint density at radius 3 is 1.98 bits per heavy atom. The molecule has 0 spiro atoms. The number of amides is 1. The molecule has 4 aromatic carbocycles. The first-order valence-electron chi connectivity index (χ1n) is 18.8. The van der Waals surface area contributed by atoms with Gasteiger partial charge in [0.1, 0.15) is 28.5 Å². The maximum absolute atomic E-state index is 13.7. The molecule has 0 bridgehead atoms. The lowest BCUT2D eigenvalue weighted by Crippen LogP contribution is -2.62. The number of nitrogens with zero attached hydrogens (tertiary/aromatic N) is 3. The summed E-state index contributed by atoms with van der Waals surface area (Å²) < 4.78 is 26.6. The summed E-state index contributed by atoms with van der Waals surface area (Å²) in [5, 5.41) is 14.1. The van der Waals surface area contributed by atoms with E-state index in [1.165, 1.54) is 11.0 Å². The van der Waals surface area contributed by atoms with Gasteiger partial charge in [0.25, 0.3) is 5.91 Å². The van der Waals surface area contributed by atoms with Gasteiger partial charge >= 0.3 is 5.69 Å². The molecule has 55 heavy (non-hydrogen) atoms. The Kier molecular flexibility index (Phi) is 11.7. The van der Waals surface area contributed by atoms with Crippen LogP contribution in [-0.4, -0.2) is 77.6 Å². The Hall–Kier alpha value is -5.33. The molecule has 11 nitrogen and oxygen atoms in total. The minimum atomic E-state index is -1.24. The molecule has 1 amide bonds. The first kappa shape index (κ1) is 38.0. The summed E-state index contributed by atoms with van der Waals surface area (Å²) in [6.07, 6.45) is 6.23. The predicted molar refractivity (Wildman–Crippen MR) is 210 cm³/mol. The highest BCUT2D eigenvalue weighted by atomic mass is 16.6. The molecule has 5 aromatic rings. The number of hydrogen-bond acceptors (Lipinski definition) is 9. The van der Waals surface area contributed by atoms with E-state index in [1.54, 1.807) is 50.7 Å². The van der Waals surface area contributed by atoms with Crippen molar-refractivity contribution in [3.05, 3.63) is 154 Å². The Bertz CT molecular complexity index is 2020. The molecule has 2 N–H and O–H groups in total. The average molecular weight is 745 g/mol. The number of methoxy groups -OCH3 is 2. The van der Waals surface area contributed by atoms with Gasteiger partial charge in [0.05, 0.1) is 27.4 Å². The number of carbonyl (C=O) groups excluding carboxylic acids is 1. The second-order valence-corrected chi connectivity index (χ2v) is 14.3. The fraction of sp³-hybridized carbons (Fsp3) is 0.341. The van der Waals surface area contributed by atoms with Gasteiger partial charge in [-0.1, -0.05) is 92.1 Å². The van der Waals surface area contributed by atoms with E-state index >= 15 is 0 Å². The van der Waals surface area contributed by atoms with Gasteiger partial charge in [0.2, 0.25) is 0 Å². The first-order chi connectivity index (χ1) is 26.9. The van der Waals surface area contributed by atoms with Gasteiger partial charge in [-0.2, -0.15) is 4.98 Å². The van der Waals surface area contributed by atoms with Crippen LogP contribution in [0.4, 0.5) is 5.82 Å². The normalized spacial score (nSPS) is 19.4. The molecular weight excluding hydrogens is 697 g/mol. The van der Waals surface area contributed by atoms with Gasteiger partial charge < -0.3 is 29.4 Å². The number of morpholine rings is 1. The van der Waals surface area contributed by atoms with Gasteiger partial charge in [-0.15, -0.1) is 0 Å². The molecule has 286 valence electrons. The number of hydrogen-bond donors (Lipinski definition) is 2. The number of nitrogens with one attached hydrogen (secondary N) is 1. The summed E-state index contributed by atoms with van der Waals surface area (Å²) in [4.78, 5) is 33.1. The van der Waals surface area contributed by atoms with Gasteiger partial charge in [0, 0.05) is 30.9 Å². The fourth-order valence-corrected chi connectivity index (χ4v) is 7.87. The molecule has 1 aliphatic heterocycles. The lowest BCUT2D eigenvalue weighted by Gasteiger charge is -2.50. The van der Waals surface area contributed by atoms with Crippen molar-refractivity contribution in [2.45, 2.75) is 55.6 Å². The van der Waals surface area contributed by atoms with Crippen molar-refractivity contribution in [2.24, 2.45) is 0 Å². The van der Waals surface area contributed by atoms with E-state index in [1.807, 2.05) is 84.9 Å². The Labute approximate surface area is 321 Å². The van der Waals surface area contributed by atoms with Crippen LogP contribution >= 0.6 is 0 Å². The second-order valence-electron chi connectivity index (χ2n) is 14.3. The summed E-state index contributed by atoms with van der Waals surface area (Å²) in [5.74, 6) is 1.19. The SMILES string of the molecule is COc1ccc(C(OC[C@]2(CO)CN(C3CCCCC3)C[C@H](n3ccc(NC(=O)c4ccccc4)nc3=O)O2)(c2ccccc2)c2ccc(OC)cc2)cc1. The van der Waals surface area contributed by atoms with Crippen LogP contribution in [0.5, 0.6) is 11.5 Å². The number of rotatable bonds is 13. The zero-order chi connectivity index (χ0) is 38.3. The summed E-state index contributed by atoms with van der Waals surface area (Å²) in [7, 11) is 3.27. The van der Waals surface area contributed by atoms with Crippen molar-refractivity contribution in [3.8, 4) is 11.5 Å². The minimum absolute atomic E-state index is 0.0242. The van der Waals surface area contributed by atoms with E-state index < -0.39 is 23.1 Å². The molecule has 2 atom stereocenters. The fourth-order valence-electron chi connectivity index (χ4n) is 7.87. The Morgan fingerprint density at radius 1 is 0.836 bits per heavy atom. The van der Waals surface area contributed by atoms with Crippen molar-refractivity contribution in [3.63, 3.8) is 0 Å². The van der Waals surface area contributed by atoms with Crippen LogP contribution in [0.2, 0.25) is 0 Å². The standard InChI is InChI=1S/C44H48N4O7/c1-52-37-22-18-34(19-23-37)44(33-14-8-4-9-15-33,35-20-24-38(53-2)25-21-35)54-31-43(30-49)29-47(36-16-10-5-11-17-36)28-40(55-43)48-27-26-39(46-42(48)51)45-41(50)32-12-6-3-7-13-32/h3-4,6-9,12-15,18-27,36,40,49H,5,10-11,16-17,28-31H2,1-2H3,(H,45,46,50,51)/t40-,43-/m1/s1. The summed E-state index contributed by atoms with van der Waals surface area (Å²) in [5.41, 5.74) is 0.0679. The number of ether oxygens (including phenoxy) is 4. The van der Waals surface area contributed by atoms with Crippen molar-refractivity contribution < 1.29 is 28.8 Å². The van der Waals surface area contributed by atoms with E-state index in [2.05, 4.69) is 15.2 Å². The lowest BCUT2D eigenvalue weighted by atomic mass is 9.79. The second kappa shape index (κ2) is 17.0. The van der Waals surface area contributed by atoms with E-state index in [0.717, 1.165) is 42.4 Å². The topological polar surface area (TPSA) is 124 Å². The maximum atomic E-state index is 13.7. The molecular formula is C44H48N4O7. The van der Waals surface area contributed by atoms with Crippen LogP contribution in [-0.2, 0) is 15.1 Å². The number of benzene rings is 4. The molecule has 1 saturated carbocycles. The number of aliphatic hydroxyl groups excluding tert-OH is 1. The predicted octanol–water partition coefficient (Wildman–Crippen LogP) is 6.42. The van der Waals surface area contributed by atoms with Gasteiger partial charge in [-0.3, -0.25) is 14.3 Å². The summed E-state index contributed by atoms with van der Waals surface area (Å²) in [6, 6.07) is 36.2. The Morgan fingerprint density at radius 2 is 1.42 bits per heavy atom. The number of carbonyl (C=O) groups is 1. The van der Waals surface area contributed by atoms with Gasteiger partial charge in [-0.25, -0.2) is 4.79 Å². The van der Waals surface area contributed by atoms with E-state index in [9.17, 15) is 14.7 Å². The zero-order valence-electron chi connectivity index (χ0n) is 31.3. The molecule has 2 heterocycles. The first-order valence-corrected chi connectivity index (χ1v) is 18.8. The molecule has 2 fully saturated rings. The highest BCUT2D eigenvalue weighted by Gasteiger charge is 2.47. The molecule has 2 aliphatic rings. The molecule has 11 heteroatoms. The van der Waals surface area contributed by atoms with E-state index in [4.69, 9.17) is 18.9 Å². The van der Waals surface area contributed by atoms with Crippen LogP contribution in [0.1, 0.15) is 65.4 Å². The minimum Gasteiger partial charge on any atom is -0.497 e. The molecule has 1 saturated heterocycles. The van der Waals surface area contributed by atoms with Gasteiger partial charge in [0.15, 0.2) is 6.23 Å². The molecule has 0 unspecified atom stereocenters. The molecule has 0 radical (unpaired) electrons. The van der Waals surface area contributed by atoms with Crippen molar-refractivity contribution in [1.29, 1.82) is 0 Å². The third-order valence-electron chi connectivity index (χ3n) is 10.8. The smallest absolute Gasteiger partial charge is 0.351 e. The monoisotopic (exact) mass is 744 g/mol. The highest BCUT2D eigenvalue weighted by molar-refractivity contribution is 6.03. The highest BCUT2D eigenvalue weighted by Crippen LogP contribution is 2.43. The third-order valence-corrected chi connectivity index (χ3v) is 10.8. The van der Waals surface area contributed by atoms with Crippen molar-refractivity contribution in [1.82, 2.24) is 14.5 Å². The van der Waals surface area contributed by atoms with Crippen LogP contribution in [0.15, 0.2) is 126 Å². The van der Waals surface area contributed by atoms with Crippen LogP contribution < -0.4 is 20.5 Å². The van der Waals surface area contributed by atoms with Gasteiger partial charge in [-0.05, 0) is 72.0 Å². The summed E-state index contributed by atoms with van der Waals surface area (Å²) >= 11 is 0. The van der Waals surface area contributed by atoms with E-state index in [-0.39, 0.29) is 31.0 Å². The molecule has 1 aromatic heterocycles. The molecule has 1 aliphatic carbocycles. The number of aliphatic hydroxyl groups is 1. The lowest BCUT2D eigenvalue weighted by molar-refractivity contribution is -0.236. The Balaban J connectivity index is 1.26. The largest absolute Gasteiger partial charge is 0.497 e. The van der Waals surface area contributed by atoms with Crippen molar-refractivity contribution >= 4 is 11.7 Å². The molecule has 7 rings (SSSR count). The maximum Gasteiger partial charge on any atom is 0.351 e. The third kappa shape index (κ3) is 8.20. The van der Waals surface area contributed by atoms with Crippen LogP contribution in [0, 0.1) is 0 Å². The van der Waals surface area contributed by atoms with E-state index in [0.29, 0.717) is 30.2 Å². The number of anilines is 1.